The molecule has 0 bridgehead atoms. The fraction of sp³-hybridized carbons (Fsp3) is 0.467. The normalized spacial score (nSPS) is 14.4. The summed E-state index contributed by atoms with van der Waals surface area (Å²) >= 11 is 6.50. The molecule has 1 aliphatic rings. The van der Waals surface area contributed by atoms with E-state index in [1.807, 2.05) is 43.3 Å². The Bertz CT molecular complexity index is 1200. The summed E-state index contributed by atoms with van der Waals surface area (Å²) in [7, 11) is 2.15. The van der Waals surface area contributed by atoms with E-state index in [1.165, 1.54) is 0 Å². The van der Waals surface area contributed by atoms with Gasteiger partial charge in [0.25, 0.3) is 0 Å². The Kier molecular flexibility index (Phi) is 10.6. The topological polar surface area (TPSA) is 83.6 Å². The number of nitrogens with one attached hydrogen (secondary N) is 3. The molecule has 1 aromatic heterocycles. The maximum absolute atomic E-state index is 6.50. The molecule has 9 heteroatoms. The summed E-state index contributed by atoms with van der Waals surface area (Å²) in [6, 6.07) is 14.5. The number of aromatic nitrogens is 2. The van der Waals surface area contributed by atoms with Gasteiger partial charge in [0, 0.05) is 37.4 Å². The summed E-state index contributed by atoms with van der Waals surface area (Å²) in [5.74, 6) is 2.44. The minimum absolute atomic E-state index is 0.218. The summed E-state index contributed by atoms with van der Waals surface area (Å²) in [6.07, 6.45) is 6.04. The molecular weight excluding hydrogens is 512 g/mol. The second-order valence-corrected chi connectivity index (χ2v) is 10.3. The van der Waals surface area contributed by atoms with E-state index in [-0.39, 0.29) is 6.10 Å². The molecule has 0 amide bonds. The van der Waals surface area contributed by atoms with Gasteiger partial charge < -0.3 is 30.3 Å². The van der Waals surface area contributed by atoms with Crippen molar-refractivity contribution in [3.05, 3.63) is 59.2 Å². The van der Waals surface area contributed by atoms with Crippen molar-refractivity contribution < 1.29 is 9.47 Å². The zero-order valence-electron chi connectivity index (χ0n) is 23.5. The Labute approximate surface area is 237 Å². The third-order valence-corrected chi connectivity index (χ3v) is 7.33. The minimum Gasteiger partial charge on any atom is -0.492 e. The van der Waals surface area contributed by atoms with Crippen LogP contribution in [0.3, 0.4) is 0 Å². The van der Waals surface area contributed by atoms with Crippen LogP contribution in [0.4, 0.5) is 23.1 Å². The number of para-hydroxylation sites is 1. The Balaban J connectivity index is 1.48. The van der Waals surface area contributed by atoms with Crippen molar-refractivity contribution in [2.45, 2.75) is 65.1 Å². The number of rotatable bonds is 13. The van der Waals surface area contributed by atoms with E-state index in [1.54, 1.807) is 6.20 Å². The van der Waals surface area contributed by atoms with Gasteiger partial charge in [0.1, 0.15) is 22.6 Å². The van der Waals surface area contributed by atoms with Crippen molar-refractivity contribution in [3.8, 4) is 11.5 Å². The smallest absolute Gasteiger partial charge is 0.229 e. The average molecular weight is 553 g/mol. The fourth-order valence-electron chi connectivity index (χ4n) is 4.64. The van der Waals surface area contributed by atoms with Gasteiger partial charge in [-0.05, 0) is 63.4 Å². The molecule has 0 unspecified atom stereocenters. The van der Waals surface area contributed by atoms with Crippen molar-refractivity contribution in [2.24, 2.45) is 0 Å². The summed E-state index contributed by atoms with van der Waals surface area (Å²) in [6.45, 7) is 9.75. The van der Waals surface area contributed by atoms with Crippen molar-refractivity contribution in [3.63, 3.8) is 0 Å². The number of likely N-dealkylation sites (tertiary alicyclic amines) is 1. The number of anilines is 4. The van der Waals surface area contributed by atoms with E-state index in [0.717, 1.165) is 68.0 Å². The minimum atomic E-state index is 0.218. The lowest BCUT2D eigenvalue weighted by Gasteiger charge is -2.29. The van der Waals surface area contributed by atoms with E-state index in [9.17, 15) is 0 Å². The Morgan fingerprint density at radius 1 is 1.03 bits per heavy atom. The molecule has 4 rings (SSSR count). The molecular formula is C30H41ClN6O2. The number of nitrogens with zero attached hydrogens (tertiary/aromatic N) is 3. The molecule has 0 spiro atoms. The quantitative estimate of drug-likeness (QED) is 0.214. The molecule has 8 nitrogen and oxygen atoms in total. The molecule has 1 saturated heterocycles. The molecule has 3 aromatic rings. The van der Waals surface area contributed by atoms with Crippen LogP contribution in [-0.4, -0.2) is 53.8 Å². The Morgan fingerprint density at radius 2 is 1.79 bits per heavy atom. The van der Waals surface area contributed by atoms with Crippen LogP contribution in [0.5, 0.6) is 11.5 Å². The van der Waals surface area contributed by atoms with Crippen LogP contribution in [0.25, 0.3) is 0 Å². The molecule has 0 aliphatic carbocycles. The molecule has 0 radical (unpaired) electrons. The van der Waals surface area contributed by atoms with E-state index in [2.05, 4.69) is 57.8 Å². The Morgan fingerprint density at radius 3 is 2.54 bits per heavy atom. The molecule has 0 atom stereocenters. The zero-order valence-corrected chi connectivity index (χ0v) is 24.2. The number of ether oxygens (including phenoxy) is 2. The predicted octanol–water partition coefficient (Wildman–Crippen LogP) is 6.77. The van der Waals surface area contributed by atoms with Crippen LogP contribution in [0.15, 0.2) is 48.7 Å². The van der Waals surface area contributed by atoms with E-state index in [0.29, 0.717) is 35.2 Å². The van der Waals surface area contributed by atoms with Gasteiger partial charge in [0.05, 0.1) is 18.5 Å². The van der Waals surface area contributed by atoms with Gasteiger partial charge in [-0.15, -0.1) is 0 Å². The van der Waals surface area contributed by atoms with Gasteiger partial charge in [0.2, 0.25) is 5.95 Å². The highest BCUT2D eigenvalue weighted by molar-refractivity contribution is 6.32. The third-order valence-electron chi connectivity index (χ3n) is 7.05. The van der Waals surface area contributed by atoms with Gasteiger partial charge in [-0.2, -0.15) is 4.98 Å². The van der Waals surface area contributed by atoms with Crippen molar-refractivity contribution in [1.82, 2.24) is 20.2 Å². The fourth-order valence-corrected chi connectivity index (χ4v) is 4.78. The molecule has 1 fully saturated rings. The highest BCUT2D eigenvalue weighted by Gasteiger charge is 2.19. The standard InChI is InChI=1S/C30H41ClN6O2/c1-5-22(6-2)32-19-21-10-8-9-11-26(21)34-29-25(31)20-33-30(36-29)35-27-13-12-24(18-28(27)38-7-3)39-23-14-16-37(4)17-15-23/h8-13,18,20,22-23,32H,5-7,14-17,19H2,1-4H3,(H2,33,34,35,36). The highest BCUT2D eigenvalue weighted by atomic mass is 35.5. The first-order chi connectivity index (χ1) is 19.0. The SMILES string of the molecule is CCOc1cc(OC2CCN(C)CC2)ccc1Nc1ncc(Cl)c(Nc2ccccc2CNC(CC)CC)n1. The number of halogens is 1. The van der Waals surface area contributed by atoms with Crippen LogP contribution in [0, 0.1) is 0 Å². The van der Waals surface area contributed by atoms with Crippen LogP contribution in [-0.2, 0) is 6.54 Å². The van der Waals surface area contributed by atoms with Gasteiger partial charge in [0.15, 0.2) is 5.82 Å². The predicted molar refractivity (Wildman–Crippen MR) is 160 cm³/mol. The molecule has 2 heterocycles. The lowest BCUT2D eigenvalue weighted by Crippen LogP contribution is -2.35. The largest absolute Gasteiger partial charge is 0.492 e. The van der Waals surface area contributed by atoms with E-state index in [4.69, 9.17) is 21.1 Å². The van der Waals surface area contributed by atoms with E-state index < -0.39 is 0 Å². The molecule has 210 valence electrons. The second-order valence-electron chi connectivity index (χ2n) is 9.90. The summed E-state index contributed by atoms with van der Waals surface area (Å²) < 4.78 is 12.2. The first-order valence-corrected chi connectivity index (χ1v) is 14.4. The van der Waals surface area contributed by atoms with Crippen molar-refractivity contribution in [1.29, 1.82) is 0 Å². The number of piperidine rings is 1. The maximum atomic E-state index is 6.50. The van der Waals surface area contributed by atoms with Crippen LogP contribution in [0.1, 0.15) is 52.0 Å². The summed E-state index contributed by atoms with van der Waals surface area (Å²) in [5.41, 5.74) is 2.86. The van der Waals surface area contributed by atoms with Crippen LogP contribution in [0.2, 0.25) is 5.02 Å². The van der Waals surface area contributed by atoms with Gasteiger partial charge >= 0.3 is 0 Å². The van der Waals surface area contributed by atoms with Crippen molar-refractivity contribution >= 4 is 34.7 Å². The summed E-state index contributed by atoms with van der Waals surface area (Å²) in [5, 5.41) is 10.8. The summed E-state index contributed by atoms with van der Waals surface area (Å²) in [4.78, 5) is 11.4. The van der Waals surface area contributed by atoms with Crippen LogP contribution < -0.4 is 25.4 Å². The molecule has 3 N–H and O–H groups in total. The zero-order chi connectivity index (χ0) is 27.6. The molecule has 2 aromatic carbocycles. The number of hydrogen-bond donors (Lipinski definition) is 3. The first-order valence-electron chi connectivity index (χ1n) is 14.0. The molecule has 1 aliphatic heterocycles. The first kappa shape index (κ1) is 28.9. The van der Waals surface area contributed by atoms with Gasteiger partial charge in [-0.1, -0.05) is 43.6 Å². The third kappa shape index (κ3) is 8.21. The second kappa shape index (κ2) is 14.4. The number of benzene rings is 2. The maximum Gasteiger partial charge on any atom is 0.229 e. The number of hydrogen-bond acceptors (Lipinski definition) is 8. The van der Waals surface area contributed by atoms with E-state index >= 15 is 0 Å². The monoisotopic (exact) mass is 552 g/mol. The Hall–Kier alpha value is -3.07. The average Bonchev–Trinajstić information content (AvgIpc) is 2.94. The van der Waals surface area contributed by atoms with Gasteiger partial charge in [-0.25, -0.2) is 4.98 Å². The van der Waals surface area contributed by atoms with Crippen LogP contribution >= 0.6 is 11.6 Å². The van der Waals surface area contributed by atoms with Crippen molar-refractivity contribution in [2.75, 3.05) is 37.4 Å². The highest BCUT2D eigenvalue weighted by Crippen LogP contribution is 2.33. The molecule has 39 heavy (non-hydrogen) atoms. The lowest BCUT2D eigenvalue weighted by molar-refractivity contribution is 0.114. The molecule has 0 saturated carbocycles. The lowest BCUT2D eigenvalue weighted by atomic mass is 10.1. The van der Waals surface area contributed by atoms with Gasteiger partial charge in [-0.3, -0.25) is 0 Å².